The molecule has 3 heteroatoms. The Morgan fingerprint density at radius 1 is 1.05 bits per heavy atom. The van der Waals surface area contributed by atoms with E-state index in [0.717, 1.165) is 11.3 Å². The molecule has 1 N–H and O–H groups in total. The van der Waals surface area contributed by atoms with Gasteiger partial charge in [0.15, 0.2) is 0 Å². The number of hydrogen-bond donors (Lipinski definition) is 1. The summed E-state index contributed by atoms with van der Waals surface area (Å²) in [5.41, 5.74) is 2.33. The van der Waals surface area contributed by atoms with E-state index in [-0.39, 0.29) is 18.0 Å². The Kier molecular flexibility index (Phi) is 4.97. The zero-order chi connectivity index (χ0) is 15.4. The fourth-order valence-corrected chi connectivity index (χ4v) is 2.41. The summed E-state index contributed by atoms with van der Waals surface area (Å²) in [6, 6.07) is 13.1. The molecule has 0 aliphatic carbocycles. The number of aryl methyl sites for hydroxylation is 1. The summed E-state index contributed by atoms with van der Waals surface area (Å²) in [4.78, 5) is 0. The third-order valence-electron chi connectivity index (χ3n) is 3.41. The molecule has 0 saturated carbocycles. The predicted molar refractivity (Wildman–Crippen MR) is 84.2 cm³/mol. The van der Waals surface area contributed by atoms with Gasteiger partial charge in [-0.05, 0) is 51.1 Å². The molecule has 0 aliphatic rings. The van der Waals surface area contributed by atoms with Crippen LogP contribution in [-0.4, -0.2) is 13.2 Å². The van der Waals surface area contributed by atoms with Crippen LogP contribution in [0.4, 0.5) is 4.39 Å². The van der Waals surface area contributed by atoms with Crippen molar-refractivity contribution in [3.05, 3.63) is 65.0 Å². The molecule has 1 unspecified atom stereocenters. The average molecular weight is 287 g/mol. The van der Waals surface area contributed by atoms with Crippen LogP contribution in [0.3, 0.4) is 0 Å². The molecule has 0 heterocycles. The molecule has 0 aromatic heterocycles. The second-order valence-corrected chi connectivity index (χ2v) is 5.44. The van der Waals surface area contributed by atoms with Gasteiger partial charge < -0.3 is 10.1 Å². The molecule has 2 aromatic rings. The fourth-order valence-electron chi connectivity index (χ4n) is 2.41. The highest BCUT2D eigenvalue weighted by Crippen LogP contribution is 2.27. The number of nitrogens with one attached hydrogen (secondary N) is 1. The Bertz CT molecular complexity index is 593. The summed E-state index contributed by atoms with van der Waals surface area (Å²) in [6.07, 6.45) is 0.144. The van der Waals surface area contributed by atoms with Crippen LogP contribution >= 0.6 is 0 Å². The largest absolute Gasteiger partial charge is 0.491 e. The molecule has 0 amide bonds. The van der Waals surface area contributed by atoms with E-state index in [4.69, 9.17) is 4.74 Å². The van der Waals surface area contributed by atoms with Crippen molar-refractivity contribution in [3.8, 4) is 5.75 Å². The molecule has 0 aliphatic heterocycles. The minimum absolute atomic E-state index is 0.144. The second-order valence-electron chi connectivity index (χ2n) is 5.44. The summed E-state index contributed by atoms with van der Waals surface area (Å²) < 4.78 is 19.9. The first kappa shape index (κ1) is 15.5. The van der Waals surface area contributed by atoms with Crippen LogP contribution in [0.1, 0.15) is 36.6 Å². The summed E-state index contributed by atoms with van der Waals surface area (Å²) in [7, 11) is 1.84. The second kappa shape index (κ2) is 6.72. The lowest BCUT2D eigenvalue weighted by atomic mass is 9.96. The molecule has 2 nitrogen and oxygen atoms in total. The molecule has 0 spiro atoms. The smallest absolute Gasteiger partial charge is 0.131 e. The predicted octanol–water partition coefficient (Wildman–Crippen LogP) is 4.23. The van der Waals surface area contributed by atoms with Gasteiger partial charge in [0.2, 0.25) is 0 Å². The Morgan fingerprint density at radius 3 is 2.29 bits per heavy atom. The molecule has 0 radical (unpaired) electrons. The molecule has 21 heavy (non-hydrogen) atoms. The summed E-state index contributed by atoms with van der Waals surface area (Å²) >= 11 is 0. The van der Waals surface area contributed by atoms with Crippen LogP contribution in [0.25, 0.3) is 0 Å². The average Bonchev–Trinajstić information content (AvgIpc) is 2.45. The lowest BCUT2D eigenvalue weighted by molar-refractivity contribution is 0.242. The Morgan fingerprint density at radius 2 is 1.71 bits per heavy atom. The van der Waals surface area contributed by atoms with Gasteiger partial charge in [0.1, 0.15) is 11.6 Å². The lowest BCUT2D eigenvalue weighted by Gasteiger charge is -2.19. The Hall–Kier alpha value is -1.87. The number of rotatable bonds is 5. The van der Waals surface area contributed by atoms with Crippen LogP contribution in [0.5, 0.6) is 5.75 Å². The van der Waals surface area contributed by atoms with Crippen LogP contribution in [0, 0.1) is 12.7 Å². The van der Waals surface area contributed by atoms with Gasteiger partial charge in [-0.3, -0.25) is 0 Å². The van der Waals surface area contributed by atoms with Crippen molar-refractivity contribution in [2.75, 3.05) is 7.05 Å². The van der Waals surface area contributed by atoms with Crippen molar-refractivity contribution < 1.29 is 9.13 Å². The first-order valence-corrected chi connectivity index (χ1v) is 7.21. The molecule has 0 bridgehead atoms. The minimum Gasteiger partial charge on any atom is -0.491 e. The zero-order valence-electron chi connectivity index (χ0n) is 13.0. The topological polar surface area (TPSA) is 21.3 Å². The maximum absolute atomic E-state index is 14.3. The van der Waals surface area contributed by atoms with Crippen molar-refractivity contribution in [1.82, 2.24) is 5.32 Å². The number of benzene rings is 2. The van der Waals surface area contributed by atoms with Gasteiger partial charge in [0, 0.05) is 5.56 Å². The van der Waals surface area contributed by atoms with Crippen molar-refractivity contribution in [2.45, 2.75) is 32.9 Å². The number of hydrogen-bond acceptors (Lipinski definition) is 2. The van der Waals surface area contributed by atoms with E-state index >= 15 is 0 Å². The highest BCUT2D eigenvalue weighted by atomic mass is 19.1. The van der Waals surface area contributed by atoms with Gasteiger partial charge in [-0.1, -0.05) is 30.3 Å². The lowest BCUT2D eigenvalue weighted by Crippen LogP contribution is -2.19. The van der Waals surface area contributed by atoms with Crippen molar-refractivity contribution in [1.29, 1.82) is 0 Å². The van der Waals surface area contributed by atoms with Crippen LogP contribution in [0.15, 0.2) is 42.5 Å². The van der Waals surface area contributed by atoms with Gasteiger partial charge in [-0.2, -0.15) is 0 Å². The SMILES string of the molecule is CNC(c1ccc(OC(C)C)cc1)c1cccc(C)c1F. The van der Waals surface area contributed by atoms with Crippen molar-refractivity contribution in [3.63, 3.8) is 0 Å². The third-order valence-corrected chi connectivity index (χ3v) is 3.41. The standard InChI is InChI=1S/C18H22FNO/c1-12(2)21-15-10-8-14(9-11-15)18(20-4)16-7-5-6-13(3)17(16)19/h5-12,18,20H,1-4H3. The van der Waals surface area contributed by atoms with E-state index in [1.165, 1.54) is 0 Å². The van der Waals surface area contributed by atoms with Crippen molar-refractivity contribution >= 4 is 0 Å². The Labute approximate surface area is 126 Å². The quantitative estimate of drug-likeness (QED) is 0.888. The monoisotopic (exact) mass is 287 g/mol. The van der Waals surface area contributed by atoms with Crippen LogP contribution < -0.4 is 10.1 Å². The van der Waals surface area contributed by atoms with E-state index in [9.17, 15) is 4.39 Å². The molecule has 0 fully saturated rings. The van der Waals surface area contributed by atoms with E-state index in [0.29, 0.717) is 11.1 Å². The summed E-state index contributed by atoms with van der Waals surface area (Å²) in [6.45, 7) is 5.77. The van der Waals surface area contributed by atoms with Gasteiger partial charge in [0.25, 0.3) is 0 Å². The molecule has 2 rings (SSSR count). The number of halogens is 1. The van der Waals surface area contributed by atoms with Crippen molar-refractivity contribution in [2.24, 2.45) is 0 Å². The van der Waals surface area contributed by atoms with Gasteiger partial charge in [0.05, 0.1) is 12.1 Å². The van der Waals surface area contributed by atoms with Gasteiger partial charge in [-0.15, -0.1) is 0 Å². The van der Waals surface area contributed by atoms with E-state index in [1.807, 2.05) is 57.3 Å². The normalized spacial score (nSPS) is 12.5. The Balaban J connectivity index is 2.31. The summed E-state index contributed by atoms with van der Waals surface area (Å²) in [5.74, 6) is 0.674. The third kappa shape index (κ3) is 3.61. The van der Waals surface area contributed by atoms with Gasteiger partial charge >= 0.3 is 0 Å². The van der Waals surface area contributed by atoms with Gasteiger partial charge in [-0.25, -0.2) is 4.39 Å². The highest BCUT2D eigenvalue weighted by Gasteiger charge is 2.17. The molecule has 0 saturated heterocycles. The summed E-state index contributed by atoms with van der Waals surface area (Å²) in [5, 5.41) is 3.18. The van der Waals surface area contributed by atoms with E-state index < -0.39 is 0 Å². The fraction of sp³-hybridized carbons (Fsp3) is 0.333. The molecule has 112 valence electrons. The first-order chi connectivity index (χ1) is 10.0. The minimum atomic E-state index is -0.169. The molecular formula is C18H22FNO. The number of ether oxygens (including phenoxy) is 1. The van der Waals surface area contributed by atoms with Crippen LogP contribution in [0.2, 0.25) is 0 Å². The molecule has 2 aromatic carbocycles. The molecule has 1 atom stereocenters. The first-order valence-electron chi connectivity index (χ1n) is 7.21. The maximum Gasteiger partial charge on any atom is 0.131 e. The zero-order valence-corrected chi connectivity index (χ0v) is 13.0. The highest BCUT2D eigenvalue weighted by molar-refractivity contribution is 5.37. The van der Waals surface area contributed by atoms with E-state index in [2.05, 4.69) is 5.32 Å². The molecular weight excluding hydrogens is 265 g/mol. The van der Waals surface area contributed by atoms with E-state index in [1.54, 1.807) is 13.0 Å². The van der Waals surface area contributed by atoms with Crippen LogP contribution in [-0.2, 0) is 0 Å². The maximum atomic E-state index is 14.3.